The molecule has 0 radical (unpaired) electrons. The smallest absolute Gasteiger partial charge is 0.322 e. The highest BCUT2D eigenvalue weighted by atomic mass is 19.2. The standard InChI is InChI=1S/C19H21F3N6O2/c20-14-1-2-15(18(22)17(14)21)24-19(29)28-5-3-26(4-6-28)13-11-16(25-23-12-13)27-7-9-30-10-8-27/h1-2,11-12H,3-10H2,(H,24,29). The molecule has 2 saturated heterocycles. The van der Waals surface area contributed by atoms with Crippen LogP contribution in [-0.2, 0) is 4.74 Å². The van der Waals surface area contributed by atoms with Gasteiger partial charge in [0.25, 0.3) is 0 Å². The third-order valence-electron chi connectivity index (χ3n) is 5.17. The predicted octanol–water partition coefficient (Wildman–Crippen LogP) is 2.08. The van der Waals surface area contributed by atoms with Crippen molar-refractivity contribution >= 4 is 23.2 Å². The van der Waals surface area contributed by atoms with Gasteiger partial charge in [-0.25, -0.2) is 18.0 Å². The number of ether oxygens (including phenoxy) is 1. The normalized spacial score (nSPS) is 17.2. The molecule has 3 heterocycles. The topological polar surface area (TPSA) is 73.8 Å². The molecule has 1 aromatic carbocycles. The van der Waals surface area contributed by atoms with Gasteiger partial charge >= 0.3 is 6.03 Å². The molecule has 8 nitrogen and oxygen atoms in total. The largest absolute Gasteiger partial charge is 0.378 e. The van der Waals surface area contributed by atoms with E-state index in [0.717, 1.165) is 36.7 Å². The summed E-state index contributed by atoms with van der Waals surface area (Å²) < 4.78 is 45.5. The molecule has 0 spiro atoms. The monoisotopic (exact) mass is 422 g/mol. The van der Waals surface area contributed by atoms with Crippen LogP contribution < -0.4 is 15.1 Å². The fourth-order valence-electron chi connectivity index (χ4n) is 3.45. The number of carbonyl (C=O) groups is 1. The van der Waals surface area contributed by atoms with Gasteiger partial charge in [-0.3, -0.25) is 0 Å². The summed E-state index contributed by atoms with van der Waals surface area (Å²) in [6.45, 7) is 4.66. The number of nitrogens with one attached hydrogen (secondary N) is 1. The van der Waals surface area contributed by atoms with Crippen LogP contribution in [0.5, 0.6) is 0 Å². The van der Waals surface area contributed by atoms with Crippen LogP contribution in [0.4, 0.5) is 35.2 Å². The maximum absolute atomic E-state index is 13.8. The van der Waals surface area contributed by atoms with E-state index in [1.54, 1.807) is 6.20 Å². The van der Waals surface area contributed by atoms with Crippen LogP contribution in [0.1, 0.15) is 0 Å². The second-order valence-corrected chi connectivity index (χ2v) is 7.00. The van der Waals surface area contributed by atoms with Gasteiger partial charge in [0.1, 0.15) is 0 Å². The van der Waals surface area contributed by atoms with E-state index in [2.05, 4.69) is 25.3 Å². The molecule has 0 unspecified atom stereocenters. The summed E-state index contributed by atoms with van der Waals surface area (Å²) in [5, 5.41) is 10.6. The summed E-state index contributed by atoms with van der Waals surface area (Å²) >= 11 is 0. The van der Waals surface area contributed by atoms with Crippen LogP contribution >= 0.6 is 0 Å². The lowest BCUT2D eigenvalue weighted by molar-refractivity contribution is 0.122. The number of urea groups is 1. The first kappa shape index (κ1) is 20.2. The number of rotatable bonds is 3. The summed E-state index contributed by atoms with van der Waals surface area (Å²) in [5.41, 5.74) is 0.507. The lowest BCUT2D eigenvalue weighted by Crippen LogP contribution is -2.50. The minimum atomic E-state index is -1.61. The van der Waals surface area contributed by atoms with Crippen LogP contribution in [0, 0.1) is 17.5 Å². The maximum atomic E-state index is 13.8. The number of hydrogen-bond donors (Lipinski definition) is 1. The van der Waals surface area contributed by atoms with Crippen molar-refractivity contribution in [1.82, 2.24) is 15.1 Å². The Morgan fingerprint density at radius 3 is 2.43 bits per heavy atom. The molecule has 160 valence electrons. The van der Waals surface area contributed by atoms with Crippen molar-refractivity contribution in [3.8, 4) is 0 Å². The molecule has 0 saturated carbocycles. The van der Waals surface area contributed by atoms with Crippen LogP contribution in [0.3, 0.4) is 0 Å². The molecular formula is C19H21F3N6O2. The Bertz CT molecular complexity index is 917. The SMILES string of the molecule is O=C(Nc1ccc(F)c(F)c1F)N1CCN(c2cnnc(N3CCOCC3)c2)CC1. The van der Waals surface area contributed by atoms with Crippen molar-refractivity contribution in [3.05, 3.63) is 41.8 Å². The Morgan fingerprint density at radius 1 is 0.967 bits per heavy atom. The predicted molar refractivity (Wildman–Crippen MR) is 104 cm³/mol. The van der Waals surface area contributed by atoms with E-state index in [1.165, 1.54) is 4.90 Å². The van der Waals surface area contributed by atoms with Crippen LogP contribution in [-0.4, -0.2) is 73.6 Å². The summed E-state index contributed by atoms with van der Waals surface area (Å²) in [6.07, 6.45) is 1.68. The first-order valence-electron chi connectivity index (χ1n) is 9.63. The lowest BCUT2D eigenvalue weighted by atomic mass is 10.2. The van der Waals surface area contributed by atoms with Crippen molar-refractivity contribution in [3.63, 3.8) is 0 Å². The Kier molecular flexibility index (Phi) is 5.88. The highest BCUT2D eigenvalue weighted by Crippen LogP contribution is 2.22. The summed E-state index contributed by atoms with van der Waals surface area (Å²) in [4.78, 5) is 18.1. The zero-order valence-corrected chi connectivity index (χ0v) is 16.2. The molecule has 2 amide bonds. The summed E-state index contributed by atoms with van der Waals surface area (Å²) in [6, 6.07) is 3.16. The first-order chi connectivity index (χ1) is 14.5. The number of halogens is 3. The molecule has 2 aliphatic heterocycles. The molecule has 4 rings (SSSR count). The highest BCUT2D eigenvalue weighted by molar-refractivity contribution is 5.89. The summed E-state index contributed by atoms with van der Waals surface area (Å²) in [7, 11) is 0. The Morgan fingerprint density at radius 2 is 1.70 bits per heavy atom. The van der Waals surface area contributed by atoms with Crippen LogP contribution in [0.2, 0.25) is 0 Å². The Hall–Kier alpha value is -3.08. The average molecular weight is 422 g/mol. The van der Waals surface area contributed by atoms with Gasteiger partial charge in [0.15, 0.2) is 23.3 Å². The second-order valence-electron chi connectivity index (χ2n) is 7.00. The number of piperazine rings is 1. The van der Waals surface area contributed by atoms with Gasteiger partial charge < -0.3 is 24.8 Å². The molecule has 0 aliphatic carbocycles. The zero-order valence-electron chi connectivity index (χ0n) is 16.2. The van der Waals surface area contributed by atoms with Gasteiger partial charge in [0, 0.05) is 45.3 Å². The third-order valence-corrected chi connectivity index (χ3v) is 5.17. The Labute approximate surface area is 171 Å². The van der Waals surface area contributed by atoms with Gasteiger partial charge in [0.2, 0.25) is 0 Å². The fraction of sp³-hybridized carbons (Fsp3) is 0.421. The molecule has 2 aromatic rings. The first-order valence-corrected chi connectivity index (χ1v) is 9.63. The molecule has 1 aromatic heterocycles. The fourth-order valence-corrected chi connectivity index (χ4v) is 3.45. The van der Waals surface area contributed by atoms with E-state index in [0.29, 0.717) is 39.4 Å². The highest BCUT2D eigenvalue weighted by Gasteiger charge is 2.24. The van der Waals surface area contributed by atoms with Crippen LogP contribution in [0.15, 0.2) is 24.4 Å². The van der Waals surface area contributed by atoms with E-state index >= 15 is 0 Å². The van der Waals surface area contributed by atoms with Gasteiger partial charge in [0.05, 0.1) is 30.8 Å². The van der Waals surface area contributed by atoms with Gasteiger partial charge in [-0.15, -0.1) is 5.10 Å². The van der Waals surface area contributed by atoms with Gasteiger partial charge in [-0.05, 0) is 12.1 Å². The zero-order chi connectivity index (χ0) is 21.1. The molecule has 0 bridgehead atoms. The number of carbonyl (C=O) groups excluding carboxylic acids is 1. The number of nitrogens with zero attached hydrogens (tertiary/aromatic N) is 5. The lowest BCUT2D eigenvalue weighted by Gasteiger charge is -2.36. The molecule has 2 fully saturated rings. The minimum absolute atomic E-state index is 0.381. The molecule has 30 heavy (non-hydrogen) atoms. The molecule has 0 atom stereocenters. The average Bonchev–Trinajstić information content (AvgIpc) is 2.80. The Balaban J connectivity index is 1.36. The van der Waals surface area contributed by atoms with Crippen molar-refractivity contribution < 1.29 is 22.7 Å². The number of aromatic nitrogens is 2. The summed E-state index contributed by atoms with van der Waals surface area (Å²) in [5.74, 6) is -3.55. The van der Waals surface area contributed by atoms with E-state index in [9.17, 15) is 18.0 Å². The quantitative estimate of drug-likeness (QED) is 0.764. The van der Waals surface area contributed by atoms with E-state index < -0.39 is 29.2 Å². The number of benzene rings is 1. The second kappa shape index (κ2) is 8.74. The maximum Gasteiger partial charge on any atom is 0.322 e. The number of anilines is 3. The minimum Gasteiger partial charge on any atom is -0.378 e. The van der Waals surface area contributed by atoms with Crippen molar-refractivity contribution in [2.24, 2.45) is 0 Å². The third kappa shape index (κ3) is 4.25. The van der Waals surface area contributed by atoms with Crippen molar-refractivity contribution in [1.29, 1.82) is 0 Å². The number of amides is 2. The number of hydrogen-bond acceptors (Lipinski definition) is 6. The van der Waals surface area contributed by atoms with Crippen molar-refractivity contribution in [2.45, 2.75) is 0 Å². The molecular weight excluding hydrogens is 401 g/mol. The molecule has 1 N–H and O–H groups in total. The molecule has 2 aliphatic rings. The van der Waals surface area contributed by atoms with E-state index in [-0.39, 0.29) is 0 Å². The van der Waals surface area contributed by atoms with E-state index in [4.69, 9.17) is 4.74 Å². The number of morpholine rings is 1. The van der Waals surface area contributed by atoms with Gasteiger partial charge in [-0.2, -0.15) is 5.10 Å². The van der Waals surface area contributed by atoms with Crippen LogP contribution in [0.25, 0.3) is 0 Å². The van der Waals surface area contributed by atoms with Gasteiger partial charge in [-0.1, -0.05) is 0 Å². The van der Waals surface area contributed by atoms with Crippen molar-refractivity contribution in [2.75, 3.05) is 67.6 Å². The van der Waals surface area contributed by atoms with E-state index in [1.807, 2.05) is 6.07 Å². The molecule has 11 heteroatoms.